The van der Waals surface area contributed by atoms with E-state index in [1.165, 1.54) is 12.4 Å². The molecule has 0 aliphatic carbocycles. The summed E-state index contributed by atoms with van der Waals surface area (Å²) in [5.74, 6) is 0.382. The number of para-hydroxylation sites is 1. The predicted molar refractivity (Wildman–Crippen MR) is 66.8 cm³/mol. The summed E-state index contributed by atoms with van der Waals surface area (Å²) in [6, 6.07) is 4.91. The smallest absolute Gasteiger partial charge is 0.262 e. The van der Waals surface area contributed by atoms with Gasteiger partial charge in [-0.2, -0.15) is 4.98 Å². The topological polar surface area (TPSA) is 111 Å². The van der Waals surface area contributed by atoms with Crippen molar-refractivity contribution in [1.29, 1.82) is 0 Å². The van der Waals surface area contributed by atoms with E-state index in [-0.39, 0.29) is 17.3 Å². The third kappa shape index (κ3) is 1.97. The van der Waals surface area contributed by atoms with Crippen LogP contribution in [0.5, 0.6) is 5.75 Å². The number of benzene rings is 1. The van der Waals surface area contributed by atoms with Gasteiger partial charge in [-0.25, -0.2) is 4.98 Å². The highest BCUT2D eigenvalue weighted by molar-refractivity contribution is 5.72. The number of hydrogen-bond acceptors (Lipinski definition) is 7. The van der Waals surface area contributed by atoms with Gasteiger partial charge in [0.05, 0.1) is 17.4 Å². The lowest BCUT2D eigenvalue weighted by atomic mass is 10.2. The van der Waals surface area contributed by atoms with Crippen molar-refractivity contribution in [3.05, 3.63) is 36.8 Å². The van der Waals surface area contributed by atoms with E-state index in [2.05, 4.69) is 20.1 Å². The summed E-state index contributed by atoms with van der Waals surface area (Å²) in [4.78, 5) is 12.1. The van der Waals surface area contributed by atoms with Crippen molar-refractivity contribution < 1.29 is 9.63 Å². The number of rotatable bonds is 2. The van der Waals surface area contributed by atoms with Gasteiger partial charge in [0.1, 0.15) is 5.69 Å². The Morgan fingerprint density at radius 1 is 1.21 bits per heavy atom. The Labute approximate surface area is 107 Å². The minimum Gasteiger partial charge on any atom is -0.505 e. The zero-order valence-corrected chi connectivity index (χ0v) is 9.69. The maximum absolute atomic E-state index is 9.85. The van der Waals surface area contributed by atoms with E-state index in [1.54, 1.807) is 24.4 Å². The molecule has 7 heteroatoms. The monoisotopic (exact) mass is 255 g/mol. The number of aromatic hydroxyl groups is 1. The molecule has 3 aromatic rings. The molecule has 0 saturated carbocycles. The number of nitrogens with zero attached hydrogens (tertiary/aromatic N) is 4. The van der Waals surface area contributed by atoms with Crippen LogP contribution in [0.4, 0.5) is 5.69 Å². The van der Waals surface area contributed by atoms with Gasteiger partial charge in [0.2, 0.25) is 5.82 Å². The summed E-state index contributed by atoms with van der Waals surface area (Å²) >= 11 is 0. The van der Waals surface area contributed by atoms with Crippen LogP contribution in [-0.4, -0.2) is 25.2 Å². The molecule has 0 bridgehead atoms. The molecule has 0 unspecified atom stereocenters. The van der Waals surface area contributed by atoms with Crippen LogP contribution in [-0.2, 0) is 0 Å². The second-order valence-electron chi connectivity index (χ2n) is 3.76. The Morgan fingerprint density at radius 2 is 2.11 bits per heavy atom. The molecule has 19 heavy (non-hydrogen) atoms. The molecule has 0 atom stereocenters. The fraction of sp³-hybridized carbons (Fsp3) is 0. The van der Waals surface area contributed by atoms with Gasteiger partial charge >= 0.3 is 0 Å². The molecular formula is C12H9N5O2. The van der Waals surface area contributed by atoms with Crippen molar-refractivity contribution in [2.45, 2.75) is 0 Å². The van der Waals surface area contributed by atoms with Gasteiger partial charge < -0.3 is 15.4 Å². The van der Waals surface area contributed by atoms with E-state index in [4.69, 9.17) is 10.3 Å². The first-order valence-corrected chi connectivity index (χ1v) is 5.43. The van der Waals surface area contributed by atoms with Gasteiger partial charge in [0.15, 0.2) is 5.75 Å². The second kappa shape index (κ2) is 4.37. The number of nitrogen functional groups attached to an aromatic ring is 1. The van der Waals surface area contributed by atoms with E-state index in [0.717, 1.165) is 0 Å². The first-order chi connectivity index (χ1) is 9.25. The molecule has 7 nitrogen and oxygen atoms in total. The molecule has 94 valence electrons. The Bertz CT molecular complexity index is 711. The van der Waals surface area contributed by atoms with Crippen LogP contribution in [0.1, 0.15) is 0 Å². The van der Waals surface area contributed by atoms with Crippen LogP contribution in [0.3, 0.4) is 0 Å². The highest BCUT2D eigenvalue weighted by atomic mass is 16.5. The van der Waals surface area contributed by atoms with Crippen molar-refractivity contribution in [3.63, 3.8) is 0 Å². The lowest BCUT2D eigenvalue weighted by Crippen LogP contribution is -1.88. The SMILES string of the molecule is Nc1cccc(-c2nc(-c3cnccn3)no2)c1O. The van der Waals surface area contributed by atoms with Crippen LogP contribution in [0, 0.1) is 0 Å². The zero-order chi connectivity index (χ0) is 13.2. The molecule has 3 rings (SSSR count). The van der Waals surface area contributed by atoms with Crippen molar-refractivity contribution in [3.8, 4) is 28.7 Å². The van der Waals surface area contributed by atoms with Gasteiger partial charge in [0, 0.05) is 12.4 Å². The molecular weight excluding hydrogens is 246 g/mol. The summed E-state index contributed by atoms with van der Waals surface area (Å²) in [5, 5.41) is 13.6. The Morgan fingerprint density at radius 3 is 2.89 bits per heavy atom. The van der Waals surface area contributed by atoms with Crippen molar-refractivity contribution >= 4 is 5.69 Å². The Kier molecular flexibility index (Phi) is 2.57. The summed E-state index contributed by atoms with van der Waals surface area (Å²) in [6.07, 6.45) is 4.60. The fourth-order valence-electron chi connectivity index (χ4n) is 1.59. The molecule has 0 fully saturated rings. The third-order valence-corrected chi connectivity index (χ3v) is 2.52. The lowest BCUT2D eigenvalue weighted by molar-refractivity contribution is 0.426. The molecule has 0 aliphatic rings. The van der Waals surface area contributed by atoms with Crippen molar-refractivity contribution in [2.75, 3.05) is 5.73 Å². The Hall–Kier alpha value is -2.96. The second-order valence-corrected chi connectivity index (χ2v) is 3.76. The standard InChI is InChI=1S/C12H9N5O2/c13-8-3-1-2-7(10(8)18)12-16-11(17-19-12)9-6-14-4-5-15-9/h1-6,18H,13H2. The largest absolute Gasteiger partial charge is 0.505 e. The lowest BCUT2D eigenvalue weighted by Gasteiger charge is -2.01. The fourth-order valence-corrected chi connectivity index (χ4v) is 1.59. The molecule has 1 aromatic carbocycles. The van der Waals surface area contributed by atoms with Crippen LogP contribution in [0.15, 0.2) is 41.3 Å². The molecule has 0 aliphatic heterocycles. The van der Waals surface area contributed by atoms with Crippen LogP contribution >= 0.6 is 0 Å². The average molecular weight is 255 g/mol. The van der Waals surface area contributed by atoms with Gasteiger partial charge in [0.25, 0.3) is 5.89 Å². The molecule has 2 heterocycles. The molecule has 3 N–H and O–H groups in total. The molecule has 0 spiro atoms. The summed E-state index contributed by atoms with van der Waals surface area (Å²) in [7, 11) is 0. The van der Waals surface area contributed by atoms with Crippen LogP contribution < -0.4 is 5.73 Å². The minimum atomic E-state index is -0.0863. The van der Waals surface area contributed by atoms with E-state index in [9.17, 15) is 5.11 Å². The van der Waals surface area contributed by atoms with Gasteiger partial charge in [-0.05, 0) is 12.1 Å². The van der Waals surface area contributed by atoms with E-state index in [0.29, 0.717) is 17.1 Å². The summed E-state index contributed by atoms with van der Waals surface area (Å²) < 4.78 is 5.10. The van der Waals surface area contributed by atoms with E-state index < -0.39 is 0 Å². The first kappa shape index (κ1) is 11.1. The minimum absolute atomic E-state index is 0.0863. The van der Waals surface area contributed by atoms with Crippen LogP contribution in [0.2, 0.25) is 0 Å². The van der Waals surface area contributed by atoms with Gasteiger partial charge in [-0.1, -0.05) is 11.2 Å². The number of nitrogens with two attached hydrogens (primary N) is 1. The zero-order valence-electron chi connectivity index (χ0n) is 9.69. The van der Waals surface area contributed by atoms with Crippen molar-refractivity contribution in [1.82, 2.24) is 20.1 Å². The number of anilines is 1. The highest BCUT2D eigenvalue weighted by Gasteiger charge is 2.15. The molecule has 0 amide bonds. The number of aromatic nitrogens is 4. The summed E-state index contributed by atoms with van der Waals surface area (Å²) in [6.45, 7) is 0. The highest BCUT2D eigenvalue weighted by Crippen LogP contribution is 2.33. The first-order valence-electron chi connectivity index (χ1n) is 5.43. The number of hydrogen-bond donors (Lipinski definition) is 2. The Balaban J connectivity index is 2.05. The van der Waals surface area contributed by atoms with Gasteiger partial charge in [-0.15, -0.1) is 0 Å². The van der Waals surface area contributed by atoms with E-state index in [1.807, 2.05) is 0 Å². The molecule has 0 saturated heterocycles. The van der Waals surface area contributed by atoms with Gasteiger partial charge in [-0.3, -0.25) is 4.98 Å². The average Bonchev–Trinajstić information content (AvgIpc) is 2.92. The van der Waals surface area contributed by atoms with Crippen molar-refractivity contribution in [2.24, 2.45) is 0 Å². The maximum atomic E-state index is 9.85. The quantitative estimate of drug-likeness (QED) is 0.527. The number of phenolic OH excluding ortho intramolecular Hbond substituents is 1. The maximum Gasteiger partial charge on any atom is 0.262 e. The molecule has 0 radical (unpaired) electrons. The number of phenols is 1. The molecule has 2 aromatic heterocycles. The normalized spacial score (nSPS) is 10.5. The predicted octanol–water partition coefficient (Wildman–Crippen LogP) is 1.48. The van der Waals surface area contributed by atoms with E-state index >= 15 is 0 Å². The summed E-state index contributed by atoms with van der Waals surface area (Å²) in [5.41, 5.74) is 6.73. The third-order valence-electron chi connectivity index (χ3n) is 2.52. The van der Waals surface area contributed by atoms with Crippen LogP contribution in [0.25, 0.3) is 23.0 Å².